The van der Waals surface area contributed by atoms with Crippen LogP contribution < -0.4 is 0 Å². The van der Waals surface area contributed by atoms with Gasteiger partial charge in [0.05, 0.1) is 0 Å². The first-order valence-corrected chi connectivity index (χ1v) is 5.52. The Morgan fingerprint density at radius 3 is 1.94 bits per heavy atom. The van der Waals surface area contributed by atoms with Crippen LogP contribution in [-0.4, -0.2) is 17.7 Å². The maximum absolute atomic E-state index is 11.3. The molecule has 0 fully saturated rings. The fraction of sp³-hybridized carbons (Fsp3) is 0.786. The molecule has 0 aliphatic carbocycles. The normalized spacial score (nSPS) is 8.83. The zero-order chi connectivity index (χ0) is 10.3. The zero-order valence-corrected chi connectivity index (χ0v) is 12.9. The number of hydrogen-bond donors (Lipinski definition) is 0. The number of carbonyl (C=O) groups is 2. The van der Waals surface area contributed by atoms with Crippen molar-refractivity contribution in [3.05, 3.63) is 6.42 Å². The molecule has 18 heavy (non-hydrogen) atoms. The first-order valence-electron chi connectivity index (χ1n) is 4.70. The Kier molecular flexibility index (Phi) is 46.2. The summed E-state index contributed by atoms with van der Waals surface area (Å²) in [7, 11) is 2.54. The Bertz CT molecular complexity index is 185. The maximum atomic E-state index is 11.3. The number of carbonyl (C=O) groups excluding carboxylic acids is 2. The fourth-order valence-electron chi connectivity index (χ4n) is 0.896. The summed E-state index contributed by atoms with van der Waals surface area (Å²) in [6.45, 7) is 3.84. The van der Waals surface area contributed by atoms with Gasteiger partial charge in [-0.15, -0.1) is 15.7 Å². The van der Waals surface area contributed by atoms with Crippen LogP contribution in [-0.2, 0) is 42.3 Å². The van der Waals surface area contributed by atoms with Crippen molar-refractivity contribution < 1.29 is 42.3 Å². The van der Waals surface area contributed by atoms with E-state index in [1.807, 2.05) is 13.8 Å². The van der Waals surface area contributed by atoms with Crippen LogP contribution in [0.4, 0.5) is 0 Å². The molecule has 0 aliphatic rings. The molecule has 0 aliphatic heterocycles. The standard InChI is InChI=1S/C10H18O2P.4CH4.Y/c1-3-4-9(11)5-6-10(12)8(2)7-13;;;;;/h5,8H,3-4,6-7,13H2,1-2H3;4*1H4;/q-1;;;;;. The van der Waals surface area contributed by atoms with E-state index in [2.05, 4.69) is 9.24 Å². The molecule has 2 atom stereocenters. The smallest absolute Gasteiger partial charge is 0.109 e. The number of ketones is 2. The van der Waals surface area contributed by atoms with Crippen LogP contribution in [0.1, 0.15) is 62.8 Å². The molecule has 0 amide bonds. The van der Waals surface area contributed by atoms with Crippen molar-refractivity contribution in [2.75, 3.05) is 6.16 Å². The van der Waals surface area contributed by atoms with Crippen molar-refractivity contribution in [1.82, 2.24) is 0 Å². The second kappa shape index (κ2) is 22.9. The van der Waals surface area contributed by atoms with Gasteiger partial charge in [0.15, 0.2) is 0 Å². The first-order chi connectivity index (χ1) is 6.11. The Balaban J connectivity index is -0.0000000720. The van der Waals surface area contributed by atoms with Gasteiger partial charge in [-0.3, -0.25) is 0 Å². The van der Waals surface area contributed by atoms with Crippen LogP contribution >= 0.6 is 9.24 Å². The van der Waals surface area contributed by atoms with E-state index in [1.54, 1.807) is 0 Å². The third kappa shape index (κ3) is 19.1. The summed E-state index contributed by atoms with van der Waals surface area (Å²) < 4.78 is 0. The van der Waals surface area contributed by atoms with Gasteiger partial charge >= 0.3 is 0 Å². The Hall–Kier alpha value is 0.744. The molecule has 0 heterocycles. The largest absolute Gasteiger partial charge is 0.334 e. The first kappa shape index (κ1) is 36.3. The minimum absolute atomic E-state index is 0. The topological polar surface area (TPSA) is 34.1 Å². The van der Waals surface area contributed by atoms with Crippen molar-refractivity contribution in [2.45, 2.75) is 62.8 Å². The predicted molar refractivity (Wildman–Crippen MR) is 84.5 cm³/mol. The quantitative estimate of drug-likeness (QED) is 0.496. The van der Waals surface area contributed by atoms with Gasteiger partial charge in [-0.2, -0.15) is 0 Å². The van der Waals surface area contributed by atoms with E-state index in [0.29, 0.717) is 12.8 Å². The van der Waals surface area contributed by atoms with E-state index in [1.165, 1.54) is 6.42 Å². The van der Waals surface area contributed by atoms with Gasteiger partial charge in [0, 0.05) is 38.6 Å². The van der Waals surface area contributed by atoms with Gasteiger partial charge in [-0.05, 0) is 18.4 Å². The summed E-state index contributed by atoms with van der Waals surface area (Å²) >= 11 is 0. The van der Waals surface area contributed by atoms with Gasteiger partial charge in [-0.25, -0.2) is 0 Å². The molecule has 4 heteroatoms. The van der Waals surface area contributed by atoms with Crippen molar-refractivity contribution in [3.63, 3.8) is 0 Å². The summed E-state index contributed by atoms with van der Waals surface area (Å²) in [5.74, 6) is 0.293. The molecule has 0 aromatic carbocycles. The number of Topliss-reactive ketones (excluding diaryl/α,β-unsaturated/α-hetero) is 2. The van der Waals surface area contributed by atoms with E-state index in [0.717, 1.165) is 12.6 Å². The van der Waals surface area contributed by atoms with E-state index in [4.69, 9.17) is 0 Å². The molecule has 0 rings (SSSR count). The molecule has 0 saturated heterocycles. The molecule has 0 saturated carbocycles. The van der Waals surface area contributed by atoms with Gasteiger partial charge in [-0.1, -0.05) is 50.0 Å². The van der Waals surface area contributed by atoms with Crippen molar-refractivity contribution >= 4 is 20.8 Å². The van der Waals surface area contributed by atoms with Crippen molar-refractivity contribution in [1.29, 1.82) is 0 Å². The molecule has 2 nitrogen and oxygen atoms in total. The van der Waals surface area contributed by atoms with Crippen LogP contribution in [0.2, 0.25) is 0 Å². The fourth-order valence-corrected chi connectivity index (χ4v) is 1.16. The molecule has 111 valence electrons. The molecule has 0 aromatic heterocycles. The van der Waals surface area contributed by atoms with Crippen LogP contribution in [0.3, 0.4) is 0 Å². The van der Waals surface area contributed by atoms with Crippen molar-refractivity contribution in [2.24, 2.45) is 5.92 Å². The summed E-state index contributed by atoms with van der Waals surface area (Å²) in [5, 5.41) is 0. The Morgan fingerprint density at radius 2 is 1.61 bits per heavy atom. The number of hydrogen-bond acceptors (Lipinski definition) is 2. The molecule has 0 spiro atoms. The van der Waals surface area contributed by atoms with E-state index >= 15 is 0 Å². The minimum atomic E-state index is 0. The molecular formula is C14H34O2PY-. The molecule has 0 N–H and O–H groups in total. The summed E-state index contributed by atoms with van der Waals surface area (Å²) in [6, 6.07) is 0. The van der Waals surface area contributed by atoms with E-state index in [9.17, 15) is 9.59 Å². The molecular weight excluding hydrogens is 320 g/mol. The third-order valence-corrected chi connectivity index (χ3v) is 2.64. The van der Waals surface area contributed by atoms with Gasteiger partial charge < -0.3 is 16.0 Å². The van der Waals surface area contributed by atoms with E-state index in [-0.39, 0.29) is 79.9 Å². The zero-order valence-electron chi connectivity index (χ0n) is 8.95. The molecule has 0 aromatic rings. The average molecular weight is 354 g/mol. The Morgan fingerprint density at radius 1 is 1.17 bits per heavy atom. The summed E-state index contributed by atoms with van der Waals surface area (Å²) in [5.41, 5.74) is 0. The van der Waals surface area contributed by atoms with Gasteiger partial charge in [0.1, 0.15) is 5.78 Å². The Labute approximate surface area is 144 Å². The molecule has 1 radical (unpaired) electrons. The SMILES string of the molecule is C.C.C.C.CCCC(=O)[CH-]CC(=O)C(C)CP.[Y]. The van der Waals surface area contributed by atoms with Crippen LogP contribution in [0.15, 0.2) is 0 Å². The average Bonchev–Trinajstić information content (AvgIpc) is 2.13. The third-order valence-electron chi connectivity index (χ3n) is 1.93. The molecule has 0 bridgehead atoms. The van der Waals surface area contributed by atoms with Gasteiger partial charge in [0.2, 0.25) is 0 Å². The van der Waals surface area contributed by atoms with Crippen LogP contribution in [0, 0.1) is 12.3 Å². The molecule has 2 unspecified atom stereocenters. The van der Waals surface area contributed by atoms with Gasteiger partial charge in [0.25, 0.3) is 0 Å². The van der Waals surface area contributed by atoms with Crippen LogP contribution in [0.25, 0.3) is 0 Å². The second-order valence-electron chi connectivity index (χ2n) is 3.23. The second-order valence-corrected chi connectivity index (χ2v) is 3.70. The van der Waals surface area contributed by atoms with Crippen molar-refractivity contribution in [3.8, 4) is 0 Å². The predicted octanol–water partition coefficient (Wildman–Crippen LogP) is 4.57. The summed E-state index contributed by atoms with van der Waals surface area (Å²) in [4.78, 5) is 22.3. The summed E-state index contributed by atoms with van der Waals surface area (Å²) in [6.07, 6.45) is 4.00. The minimum Gasteiger partial charge on any atom is -0.334 e. The maximum Gasteiger partial charge on any atom is 0.109 e. The number of rotatable bonds is 7. The van der Waals surface area contributed by atoms with Crippen LogP contribution in [0.5, 0.6) is 0 Å². The monoisotopic (exact) mass is 354 g/mol. The van der Waals surface area contributed by atoms with E-state index < -0.39 is 0 Å².